The highest BCUT2D eigenvalue weighted by molar-refractivity contribution is 5.47. The molecule has 0 bridgehead atoms. The van der Waals surface area contributed by atoms with Crippen LogP contribution in [0.4, 0.5) is 5.69 Å². The summed E-state index contributed by atoms with van der Waals surface area (Å²) in [6.45, 7) is 3.12. The number of para-hydroxylation sites is 1. The van der Waals surface area contributed by atoms with Crippen LogP contribution in [0.25, 0.3) is 0 Å². The van der Waals surface area contributed by atoms with E-state index in [2.05, 4.69) is 56.8 Å². The lowest BCUT2D eigenvalue weighted by Gasteiger charge is -2.18. The maximum atomic E-state index is 4.41. The number of hydrogen-bond acceptors (Lipinski definition) is 3. The summed E-state index contributed by atoms with van der Waals surface area (Å²) in [6.07, 6.45) is 3.83. The zero-order valence-corrected chi connectivity index (χ0v) is 12.3. The SMILES string of the molecule is c1ccc(N2CC[C@H](NCc3cc(C4CC4)n[nH]3)C2)cc1. The Morgan fingerprint density at radius 2 is 2.05 bits per heavy atom. The molecule has 2 aromatic rings. The Kier molecular flexibility index (Phi) is 3.39. The molecule has 1 saturated heterocycles. The second-order valence-corrected chi connectivity index (χ2v) is 6.24. The first-order valence-corrected chi connectivity index (χ1v) is 7.96. The van der Waals surface area contributed by atoms with Gasteiger partial charge in [0.25, 0.3) is 0 Å². The molecule has 1 saturated carbocycles. The molecule has 2 fully saturated rings. The quantitative estimate of drug-likeness (QED) is 0.886. The third kappa shape index (κ3) is 2.95. The number of nitrogens with zero attached hydrogens (tertiary/aromatic N) is 2. The zero-order valence-electron chi connectivity index (χ0n) is 12.3. The number of anilines is 1. The fourth-order valence-electron chi connectivity index (χ4n) is 3.11. The second-order valence-electron chi connectivity index (χ2n) is 6.24. The minimum Gasteiger partial charge on any atom is -0.370 e. The Labute approximate surface area is 125 Å². The third-order valence-electron chi connectivity index (χ3n) is 4.54. The van der Waals surface area contributed by atoms with Crippen molar-refractivity contribution in [3.63, 3.8) is 0 Å². The zero-order chi connectivity index (χ0) is 14.1. The van der Waals surface area contributed by atoms with Gasteiger partial charge in [0.2, 0.25) is 0 Å². The minimum atomic E-state index is 0.567. The number of aromatic amines is 1. The molecule has 4 heteroatoms. The summed E-state index contributed by atoms with van der Waals surface area (Å²) in [7, 11) is 0. The van der Waals surface area contributed by atoms with Crippen LogP contribution in [0, 0.1) is 0 Å². The molecule has 1 aromatic carbocycles. The van der Waals surface area contributed by atoms with E-state index in [0.717, 1.165) is 25.6 Å². The van der Waals surface area contributed by atoms with Crippen molar-refractivity contribution < 1.29 is 0 Å². The van der Waals surface area contributed by atoms with Gasteiger partial charge in [-0.05, 0) is 37.5 Å². The molecule has 0 unspecified atom stereocenters. The highest BCUT2D eigenvalue weighted by atomic mass is 15.2. The van der Waals surface area contributed by atoms with Crippen molar-refractivity contribution in [2.45, 2.75) is 37.8 Å². The molecule has 2 aliphatic rings. The van der Waals surface area contributed by atoms with Crippen LogP contribution in [0.5, 0.6) is 0 Å². The Morgan fingerprint density at radius 3 is 2.86 bits per heavy atom. The van der Waals surface area contributed by atoms with Gasteiger partial charge in [-0.1, -0.05) is 18.2 Å². The molecular weight excluding hydrogens is 260 g/mol. The maximum absolute atomic E-state index is 4.41. The van der Waals surface area contributed by atoms with E-state index in [0.29, 0.717) is 6.04 Å². The van der Waals surface area contributed by atoms with Gasteiger partial charge in [0.15, 0.2) is 0 Å². The lowest BCUT2D eigenvalue weighted by Crippen LogP contribution is -2.32. The second kappa shape index (κ2) is 5.53. The average Bonchev–Trinajstić information content (AvgIpc) is 3.09. The summed E-state index contributed by atoms with van der Waals surface area (Å²) in [5.74, 6) is 0.732. The molecule has 1 aromatic heterocycles. The van der Waals surface area contributed by atoms with Gasteiger partial charge >= 0.3 is 0 Å². The number of aromatic nitrogens is 2. The molecule has 4 nitrogen and oxygen atoms in total. The molecule has 21 heavy (non-hydrogen) atoms. The van der Waals surface area contributed by atoms with E-state index >= 15 is 0 Å². The van der Waals surface area contributed by atoms with Gasteiger partial charge in [-0.3, -0.25) is 5.10 Å². The molecule has 0 spiro atoms. The van der Waals surface area contributed by atoms with Crippen molar-refractivity contribution in [1.29, 1.82) is 0 Å². The van der Waals surface area contributed by atoms with Crippen LogP contribution in [0.15, 0.2) is 36.4 Å². The summed E-state index contributed by atoms with van der Waals surface area (Å²) < 4.78 is 0. The van der Waals surface area contributed by atoms with Gasteiger partial charge in [0.1, 0.15) is 0 Å². The van der Waals surface area contributed by atoms with Crippen molar-refractivity contribution in [1.82, 2.24) is 15.5 Å². The fourth-order valence-corrected chi connectivity index (χ4v) is 3.11. The van der Waals surface area contributed by atoms with Crippen LogP contribution >= 0.6 is 0 Å². The Hall–Kier alpha value is -1.81. The fraction of sp³-hybridized carbons (Fsp3) is 0.471. The summed E-state index contributed by atoms with van der Waals surface area (Å²) in [5.41, 5.74) is 3.80. The van der Waals surface area contributed by atoms with Crippen LogP contribution < -0.4 is 10.2 Å². The lowest BCUT2D eigenvalue weighted by atomic mass is 10.2. The summed E-state index contributed by atoms with van der Waals surface area (Å²) in [5, 5.41) is 11.2. The predicted molar refractivity (Wildman–Crippen MR) is 84.5 cm³/mol. The predicted octanol–water partition coefficient (Wildman–Crippen LogP) is 2.66. The summed E-state index contributed by atoms with van der Waals surface area (Å²) in [4.78, 5) is 2.46. The molecule has 0 amide bonds. The molecule has 2 heterocycles. The van der Waals surface area contributed by atoms with Crippen molar-refractivity contribution in [2.24, 2.45) is 0 Å². The van der Waals surface area contributed by atoms with E-state index in [1.807, 2.05) is 0 Å². The number of nitrogens with one attached hydrogen (secondary N) is 2. The minimum absolute atomic E-state index is 0.567. The molecule has 110 valence electrons. The number of H-pyrrole nitrogens is 1. The number of hydrogen-bond donors (Lipinski definition) is 2. The van der Waals surface area contributed by atoms with Crippen LogP contribution in [0.2, 0.25) is 0 Å². The highest BCUT2D eigenvalue weighted by Crippen LogP contribution is 2.38. The maximum Gasteiger partial charge on any atom is 0.0656 e. The van der Waals surface area contributed by atoms with E-state index in [1.165, 1.54) is 36.3 Å². The van der Waals surface area contributed by atoms with Gasteiger partial charge in [-0.15, -0.1) is 0 Å². The normalized spacial score (nSPS) is 21.9. The Morgan fingerprint density at radius 1 is 1.19 bits per heavy atom. The largest absolute Gasteiger partial charge is 0.370 e. The molecule has 4 rings (SSSR count). The highest BCUT2D eigenvalue weighted by Gasteiger charge is 2.26. The molecule has 1 atom stereocenters. The standard InChI is InChI=1S/C17H22N4/c1-2-4-16(5-3-1)21-9-8-14(12-21)18-11-15-10-17(20-19-15)13-6-7-13/h1-5,10,13-14,18H,6-9,11-12H2,(H,19,20)/t14-/m0/s1. The van der Waals surface area contributed by atoms with Crippen molar-refractivity contribution in [3.05, 3.63) is 47.8 Å². The first-order valence-electron chi connectivity index (χ1n) is 7.96. The monoisotopic (exact) mass is 282 g/mol. The van der Waals surface area contributed by atoms with Crippen LogP contribution in [0.3, 0.4) is 0 Å². The topological polar surface area (TPSA) is 44.0 Å². The van der Waals surface area contributed by atoms with Crippen LogP contribution in [0.1, 0.15) is 36.6 Å². The van der Waals surface area contributed by atoms with E-state index in [4.69, 9.17) is 0 Å². The molecular formula is C17H22N4. The summed E-state index contributed by atoms with van der Waals surface area (Å²) >= 11 is 0. The molecule has 1 aliphatic carbocycles. The van der Waals surface area contributed by atoms with Crippen molar-refractivity contribution >= 4 is 5.69 Å². The Balaban J connectivity index is 1.30. The molecule has 2 N–H and O–H groups in total. The average molecular weight is 282 g/mol. The first kappa shape index (κ1) is 12.9. The van der Waals surface area contributed by atoms with E-state index < -0.39 is 0 Å². The lowest BCUT2D eigenvalue weighted by molar-refractivity contribution is 0.545. The Bertz CT molecular complexity index is 588. The van der Waals surface area contributed by atoms with Gasteiger partial charge < -0.3 is 10.2 Å². The first-order chi connectivity index (χ1) is 10.4. The van der Waals surface area contributed by atoms with Crippen molar-refractivity contribution in [2.75, 3.05) is 18.0 Å². The van der Waals surface area contributed by atoms with Crippen molar-refractivity contribution in [3.8, 4) is 0 Å². The van der Waals surface area contributed by atoms with Gasteiger partial charge in [-0.25, -0.2) is 0 Å². The number of benzene rings is 1. The van der Waals surface area contributed by atoms with Gasteiger partial charge in [0.05, 0.1) is 5.69 Å². The smallest absolute Gasteiger partial charge is 0.0656 e. The summed E-state index contributed by atoms with van der Waals surface area (Å²) in [6, 6.07) is 13.5. The van der Waals surface area contributed by atoms with Crippen LogP contribution in [-0.2, 0) is 6.54 Å². The van der Waals surface area contributed by atoms with E-state index in [1.54, 1.807) is 0 Å². The van der Waals surface area contributed by atoms with E-state index in [-0.39, 0.29) is 0 Å². The van der Waals surface area contributed by atoms with E-state index in [9.17, 15) is 0 Å². The molecule has 0 radical (unpaired) electrons. The van der Waals surface area contributed by atoms with Gasteiger partial charge in [-0.2, -0.15) is 5.10 Å². The third-order valence-corrected chi connectivity index (χ3v) is 4.54. The number of rotatable bonds is 5. The van der Waals surface area contributed by atoms with Gasteiger partial charge in [0, 0.05) is 43.0 Å². The molecule has 1 aliphatic heterocycles. The van der Waals surface area contributed by atoms with Crippen LogP contribution in [-0.4, -0.2) is 29.3 Å².